The van der Waals surface area contributed by atoms with Crippen LogP contribution in [0.25, 0.3) is 22.5 Å². The van der Waals surface area contributed by atoms with Crippen molar-refractivity contribution in [1.29, 1.82) is 0 Å². The fraction of sp³-hybridized carbons (Fsp3) is 0.263. The van der Waals surface area contributed by atoms with Crippen LogP contribution in [0.2, 0.25) is 0 Å². The lowest BCUT2D eigenvalue weighted by atomic mass is 10.1. The van der Waals surface area contributed by atoms with Crippen molar-refractivity contribution < 1.29 is 26.8 Å². The van der Waals surface area contributed by atoms with Gasteiger partial charge in [-0.2, -0.15) is 0 Å². The largest absolute Gasteiger partial charge is 0.497 e. The van der Waals surface area contributed by atoms with E-state index >= 15 is 0 Å². The van der Waals surface area contributed by atoms with E-state index in [9.17, 15) is 18.0 Å². The summed E-state index contributed by atoms with van der Waals surface area (Å²) in [5.74, 6) is 0.480. The number of fused-ring (bicyclic) bond motifs is 1. The Morgan fingerprint density at radius 2 is 1.86 bits per heavy atom. The first-order valence-corrected chi connectivity index (χ1v) is 10.4. The van der Waals surface area contributed by atoms with E-state index in [1.54, 1.807) is 38.3 Å². The molecule has 0 radical (unpaired) electrons. The first-order valence-electron chi connectivity index (χ1n) is 8.65. The Bertz CT molecular complexity index is 1210. The molecule has 2 aromatic heterocycles. The zero-order valence-corrected chi connectivity index (χ0v) is 16.7. The standard InChI is InChI=1S/C19H20N2O7S/c1-11-9-15(22)19-18(27-11)14(10-16(23)21-7-8-29(20,24)25)17(28-19)12-3-5-13(26-2)6-4-12/h3-6,9H,7-8,10H2,1-2H3,(H,21,23)(H2,20,24,25). The van der Waals surface area contributed by atoms with Gasteiger partial charge in [0, 0.05) is 18.2 Å². The van der Waals surface area contributed by atoms with Crippen molar-refractivity contribution in [3.05, 3.63) is 51.9 Å². The van der Waals surface area contributed by atoms with Crippen molar-refractivity contribution >= 4 is 27.1 Å². The normalized spacial score (nSPS) is 11.6. The predicted molar refractivity (Wildman–Crippen MR) is 106 cm³/mol. The summed E-state index contributed by atoms with van der Waals surface area (Å²) in [4.78, 5) is 24.7. The monoisotopic (exact) mass is 420 g/mol. The lowest BCUT2D eigenvalue weighted by Crippen LogP contribution is -2.32. The maximum atomic E-state index is 12.4. The molecule has 0 spiro atoms. The quantitative estimate of drug-likeness (QED) is 0.587. The summed E-state index contributed by atoms with van der Waals surface area (Å²) in [6, 6.07) is 8.21. The third-order valence-corrected chi connectivity index (χ3v) is 4.95. The first kappa shape index (κ1) is 20.6. The van der Waals surface area contributed by atoms with Gasteiger partial charge in [-0.25, -0.2) is 13.6 Å². The van der Waals surface area contributed by atoms with Gasteiger partial charge in [0.15, 0.2) is 5.58 Å². The van der Waals surface area contributed by atoms with Crippen molar-refractivity contribution in [2.24, 2.45) is 5.14 Å². The van der Waals surface area contributed by atoms with E-state index in [0.29, 0.717) is 28.4 Å². The molecule has 2 heterocycles. The molecular formula is C19H20N2O7S. The van der Waals surface area contributed by atoms with Crippen LogP contribution in [0.5, 0.6) is 5.75 Å². The molecule has 9 nitrogen and oxygen atoms in total. The number of sulfonamides is 1. The predicted octanol–water partition coefficient (Wildman–Crippen LogP) is 1.32. The average Bonchev–Trinajstić information content (AvgIpc) is 2.99. The second-order valence-corrected chi connectivity index (χ2v) is 8.15. The fourth-order valence-electron chi connectivity index (χ4n) is 2.85. The highest BCUT2D eigenvalue weighted by molar-refractivity contribution is 7.89. The number of aryl methyl sites for hydroxylation is 1. The number of nitrogens with two attached hydrogens (primary N) is 1. The molecule has 1 aromatic carbocycles. The number of benzene rings is 1. The molecule has 0 atom stereocenters. The Kier molecular flexibility index (Phi) is 5.76. The van der Waals surface area contributed by atoms with Crippen molar-refractivity contribution in [1.82, 2.24) is 5.32 Å². The van der Waals surface area contributed by atoms with Crippen LogP contribution in [0, 0.1) is 6.92 Å². The van der Waals surface area contributed by atoms with E-state index in [-0.39, 0.29) is 35.3 Å². The molecule has 0 saturated carbocycles. The molecule has 0 saturated heterocycles. The van der Waals surface area contributed by atoms with Gasteiger partial charge in [0.05, 0.1) is 24.8 Å². The zero-order valence-electron chi connectivity index (χ0n) is 15.9. The first-order chi connectivity index (χ1) is 13.7. The molecule has 0 aliphatic carbocycles. The number of ether oxygens (including phenoxy) is 1. The number of primary sulfonamides is 1. The van der Waals surface area contributed by atoms with Gasteiger partial charge in [-0.1, -0.05) is 0 Å². The van der Waals surface area contributed by atoms with Gasteiger partial charge in [0.1, 0.15) is 17.3 Å². The molecule has 154 valence electrons. The SMILES string of the molecule is COc1ccc(-c2oc3c(=O)cc(C)oc3c2CC(=O)NCCS(N)(=O)=O)cc1. The van der Waals surface area contributed by atoms with Gasteiger partial charge in [0.25, 0.3) is 0 Å². The summed E-state index contributed by atoms with van der Waals surface area (Å²) in [6.45, 7) is 1.49. The number of nitrogens with one attached hydrogen (secondary N) is 1. The Labute approximate surface area is 166 Å². The van der Waals surface area contributed by atoms with E-state index in [2.05, 4.69) is 5.32 Å². The number of carbonyl (C=O) groups excluding carboxylic acids is 1. The van der Waals surface area contributed by atoms with Crippen molar-refractivity contribution in [2.45, 2.75) is 13.3 Å². The Morgan fingerprint density at radius 1 is 1.17 bits per heavy atom. The van der Waals surface area contributed by atoms with E-state index in [4.69, 9.17) is 18.7 Å². The molecule has 3 rings (SSSR count). The van der Waals surface area contributed by atoms with Crippen LogP contribution in [0.3, 0.4) is 0 Å². The third kappa shape index (κ3) is 4.84. The maximum Gasteiger partial charge on any atom is 0.228 e. The van der Waals surface area contributed by atoms with Crippen LogP contribution < -0.4 is 20.6 Å². The van der Waals surface area contributed by atoms with Crippen molar-refractivity contribution in [2.75, 3.05) is 19.4 Å². The van der Waals surface area contributed by atoms with E-state index < -0.39 is 15.9 Å². The van der Waals surface area contributed by atoms with Gasteiger partial charge in [-0.15, -0.1) is 0 Å². The van der Waals surface area contributed by atoms with Gasteiger partial charge < -0.3 is 18.9 Å². The molecule has 10 heteroatoms. The molecule has 3 N–H and O–H groups in total. The lowest BCUT2D eigenvalue weighted by Gasteiger charge is -2.06. The van der Waals surface area contributed by atoms with Crippen molar-refractivity contribution in [3.8, 4) is 17.1 Å². The highest BCUT2D eigenvalue weighted by Gasteiger charge is 2.23. The summed E-state index contributed by atoms with van der Waals surface area (Å²) in [5, 5.41) is 7.42. The van der Waals surface area contributed by atoms with Gasteiger partial charge in [0.2, 0.25) is 26.9 Å². The number of hydrogen-bond donors (Lipinski definition) is 2. The van der Waals surface area contributed by atoms with Crippen LogP contribution in [-0.4, -0.2) is 33.7 Å². The second kappa shape index (κ2) is 8.10. The summed E-state index contributed by atoms with van der Waals surface area (Å²) in [6.07, 6.45) is -0.175. The number of hydrogen-bond acceptors (Lipinski definition) is 7. The van der Waals surface area contributed by atoms with E-state index in [1.165, 1.54) is 6.07 Å². The maximum absolute atomic E-state index is 12.4. The minimum atomic E-state index is -3.69. The summed E-state index contributed by atoms with van der Waals surface area (Å²) in [7, 11) is -2.15. The molecule has 1 amide bonds. The minimum absolute atomic E-state index is 0.00811. The average molecular weight is 420 g/mol. The van der Waals surface area contributed by atoms with Gasteiger partial charge in [-0.3, -0.25) is 9.59 Å². The number of amides is 1. The van der Waals surface area contributed by atoms with Gasteiger partial charge in [-0.05, 0) is 31.2 Å². The number of carbonyl (C=O) groups is 1. The fourth-order valence-corrected chi connectivity index (χ4v) is 3.24. The smallest absolute Gasteiger partial charge is 0.228 e. The third-order valence-electron chi connectivity index (χ3n) is 4.18. The number of methoxy groups -OCH3 is 1. The van der Waals surface area contributed by atoms with E-state index in [1.807, 2.05) is 0 Å². The van der Waals surface area contributed by atoms with Crippen LogP contribution in [0.4, 0.5) is 0 Å². The molecule has 3 aromatic rings. The highest BCUT2D eigenvalue weighted by Crippen LogP contribution is 2.34. The zero-order chi connectivity index (χ0) is 21.2. The van der Waals surface area contributed by atoms with Crippen LogP contribution >= 0.6 is 0 Å². The Hall–Kier alpha value is -3.11. The molecule has 29 heavy (non-hydrogen) atoms. The second-order valence-electron chi connectivity index (χ2n) is 6.41. The highest BCUT2D eigenvalue weighted by atomic mass is 32.2. The molecule has 0 aliphatic rings. The summed E-state index contributed by atoms with van der Waals surface area (Å²) in [5.41, 5.74) is 0.844. The van der Waals surface area contributed by atoms with Crippen molar-refractivity contribution in [3.63, 3.8) is 0 Å². The topological polar surface area (TPSA) is 142 Å². The molecule has 0 aliphatic heterocycles. The molecule has 0 fully saturated rings. The number of rotatable bonds is 7. The minimum Gasteiger partial charge on any atom is -0.497 e. The van der Waals surface area contributed by atoms with Crippen LogP contribution in [-0.2, 0) is 21.2 Å². The molecule has 0 bridgehead atoms. The lowest BCUT2D eigenvalue weighted by molar-refractivity contribution is -0.120. The van der Waals surface area contributed by atoms with Crippen LogP contribution in [0.1, 0.15) is 11.3 Å². The Morgan fingerprint density at radius 3 is 2.48 bits per heavy atom. The molecular weight excluding hydrogens is 400 g/mol. The summed E-state index contributed by atoms with van der Waals surface area (Å²) < 4.78 is 38.6. The van der Waals surface area contributed by atoms with Crippen LogP contribution in [0.15, 0.2) is 44.0 Å². The number of furan rings is 1. The Balaban J connectivity index is 2.00. The molecule has 0 unspecified atom stereocenters. The van der Waals surface area contributed by atoms with E-state index in [0.717, 1.165) is 0 Å². The van der Waals surface area contributed by atoms with Gasteiger partial charge >= 0.3 is 0 Å². The summed E-state index contributed by atoms with van der Waals surface area (Å²) >= 11 is 0.